The molecule has 60 heavy (non-hydrogen) atoms. The molecule has 0 saturated heterocycles. The predicted octanol–water partition coefficient (Wildman–Crippen LogP) is 9.49. The molecule has 0 unspecified atom stereocenters. The average molecular weight is 866 g/mol. The van der Waals surface area contributed by atoms with Crippen molar-refractivity contribution in [2.24, 2.45) is 5.92 Å². The molecule has 0 spiro atoms. The summed E-state index contributed by atoms with van der Waals surface area (Å²) in [5, 5.41) is 12.0. The fourth-order valence-corrected chi connectivity index (χ4v) is 7.64. The van der Waals surface area contributed by atoms with Gasteiger partial charge < -0.3 is 29.6 Å². The van der Waals surface area contributed by atoms with E-state index < -0.39 is 0 Å². The number of hydrogen-bond donors (Lipinski definition) is 4. The molecule has 2 aliphatic carbocycles. The molecule has 4 N–H and O–H groups in total. The fraction of sp³-hybridized carbons (Fsp3) is 0.488. The van der Waals surface area contributed by atoms with Crippen molar-refractivity contribution in [1.29, 1.82) is 0 Å². The minimum atomic E-state index is -0.0127. The molecule has 2 aromatic carbocycles. The highest BCUT2D eigenvalue weighted by Crippen LogP contribution is 2.33. The minimum Gasteiger partial charge on any atom is -0.497 e. The van der Waals surface area contributed by atoms with E-state index >= 15 is 0 Å². The highest BCUT2D eigenvalue weighted by molar-refractivity contribution is 6.31. The fourth-order valence-electron chi connectivity index (χ4n) is 7.31. The first-order valence-electron chi connectivity index (χ1n) is 20.0. The Balaban J connectivity index is 0.000000224. The van der Waals surface area contributed by atoms with E-state index in [9.17, 15) is 4.79 Å². The third-order valence-corrected chi connectivity index (χ3v) is 11.6. The van der Waals surface area contributed by atoms with E-state index in [1.807, 2.05) is 43.3 Å². The Morgan fingerprint density at radius 3 is 1.87 bits per heavy atom. The van der Waals surface area contributed by atoms with Gasteiger partial charge in [-0.05, 0) is 63.8 Å². The van der Waals surface area contributed by atoms with Crippen molar-refractivity contribution in [2.75, 3.05) is 44.5 Å². The second-order valence-corrected chi connectivity index (χ2v) is 15.4. The Morgan fingerprint density at radius 2 is 1.28 bits per heavy atom. The van der Waals surface area contributed by atoms with Crippen molar-refractivity contribution in [3.05, 3.63) is 74.8 Å². The topological polar surface area (TPSA) is 171 Å². The molecule has 2 saturated carbocycles. The largest absolute Gasteiger partial charge is 0.497 e. The molecule has 0 bridgehead atoms. The molecule has 7 rings (SSSR count). The zero-order valence-electron chi connectivity index (χ0n) is 34.6. The number of carbonyl (C=O) groups excluding carboxylic acids is 1. The first-order valence-corrected chi connectivity index (χ1v) is 20.8. The van der Waals surface area contributed by atoms with E-state index in [0.717, 1.165) is 78.2 Å². The van der Waals surface area contributed by atoms with Gasteiger partial charge >= 0.3 is 0 Å². The molecule has 17 heteroatoms. The lowest BCUT2D eigenvalue weighted by atomic mass is 9.89. The third-order valence-electron chi connectivity index (χ3n) is 10.9. The van der Waals surface area contributed by atoms with Gasteiger partial charge in [0.2, 0.25) is 17.8 Å². The summed E-state index contributed by atoms with van der Waals surface area (Å²) in [6.45, 7) is 4.67. The van der Waals surface area contributed by atoms with Crippen LogP contribution in [-0.4, -0.2) is 63.9 Å². The zero-order chi connectivity index (χ0) is 41.9. The molecular formula is C43H58Cl2N10O5. The van der Waals surface area contributed by atoms with E-state index in [4.69, 9.17) is 52.2 Å². The standard InChI is InChI=1S/C21H28ClN5O3.C21H26ClN5O2.CH4/c1-13-18(22)24-21(23-12-15-9-10-16(29-2)11-17(15)30-3)25-19(13)26-27-20(28)14-7-5-4-6-8-14;1-13-18(22)24-21(23-12-15-9-10-16(28-2)11-17(15)29-3)27-20(13)25-19(26-27)14-7-5-4-6-8-14;/h9-11,14H,4-8,12H2,1-3H3,(H,27,28)(H2,23,24,25,26);9-11,14H,4-8,12H2,1-3H3,(H,23,24);1H4. The summed E-state index contributed by atoms with van der Waals surface area (Å²) in [4.78, 5) is 30.5. The summed E-state index contributed by atoms with van der Waals surface area (Å²) in [6.07, 6.45) is 11.3. The van der Waals surface area contributed by atoms with Crippen molar-refractivity contribution < 1.29 is 23.7 Å². The van der Waals surface area contributed by atoms with E-state index in [0.29, 0.717) is 64.1 Å². The number of fused-ring (bicyclic) bond motifs is 1. The molecule has 2 fully saturated rings. The molecule has 0 radical (unpaired) electrons. The predicted molar refractivity (Wildman–Crippen MR) is 237 cm³/mol. The Kier molecular flexibility index (Phi) is 16.7. The average Bonchev–Trinajstić information content (AvgIpc) is 3.74. The van der Waals surface area contributed by atoms with Crippen LogP contribution in [0.2, 0.25) is 10.3 Å². The van der Waals surface area contributed by atoms with Crippen LogP contribution in [0, 0.1) is 19.8 Å². The number of benzene rings is 2. The van der Waals surface area contributed by atoms with Crippen LogP contribution in [0.4, 0.5) is 17.7 Å². The van der Waals surface area contributed by atoms with E-state index in [-0.39, 0.29) is 19.3 Å². The highest BCUT2D eigenvalue weighted by Gasteiger charge is 2.24. The summed E-state index contributed by atoms with van der Waals surface area (Å²) in [5.41, 5.74) is 9.84. The molecular weight excluding hydrogens is 807 g/mol. The van der Waals surface area contributed by atoms with Gasteiger partial charge in [-0.15, -0.1) is 5.10 Å². The molecule has 0 aliphatic heterocycles. The summed E-state index contributed by atoms with van der Waals surface area (Å²) >= 11 is 12.7. The summed E-state index contributed by atoms with van der Waals surface area (Å²) in [5.74, 6) is 5.61. The Morgan fingerprint density at radius 1 is 0.717 bits per heavy atom. The Bertz CT molecular complexity index is 2210. The van der Waals surface area contributed by atoms with Gasteiger partial charge in [0.15, 0.2) is 17.3 Å². The highest BCUT2D eigenvalue weighted by atomic mass is 35.5. The molecule has 0 atom stereocenters. The molecule has 3 heterocycles. The van der Waals surface area contributed by atoms with Crippen molar-refractivity contribution in [3.63, 3.8) is 0 Å². The quantitative estimate of drug-likeness (QED) is 0.0615. The second kappa shape index (κ2) is 21.8. The van der Waals surface area contributed by atoms with Crippen LogP contribution in [-0.2, 0) is 17.9 Å². The Labute approximate surface area is 362 Å². The number of nitrogens with zero attached hydrogens (tertiary/aromatic N) is 6. The van der Waals surface area contributed by atoms with Gasteiger partial charge in [-0.1, -0.05) is 69.2 Å². The molecule has 3 aromatic heterocycles. The van der Waals surface area contributed by atoms with Crippen LogP contribution in [0.1, 0.15) is 106 Å². The molecule has 15 nitrogen and oxygen atoms in total. The minimum absolute atomic E-state index is 0. The maximum atomic E-state index is 12.4. The van der Waals surface area contributed by atoms with Gasteiger partial charge in [-0.2, -0.15) is 9.50 Å². The Hall–Kier alpha value is -5.28. The lowest BCUT2D eigenvalue weighted by Crippen LogP contribution is -2.36. The maximum absolute atomic E-state index is 12.4. The number of nitrogens with one attached hydrogen (secondary N) is 4. The SMILES string of the molecule is C.COc1ccc(CNc2nc(Cl)c(C)c(NNC(=O)C3CCCCC3)n2)c(OC)c1.COc1ccc(CNc2nc(Cl)c(C)c3nc(C4CCCCC4)nn23)c(OC)c1. The van der Waals surface area contributed by atoms with E-state index in [1.165, 1.54) is 25.7 Å². The second-order valence-electron chi connectivity index (χ2n) is 14.7. The number of ether oxygens (including phenoxy) is 4. The molecule has 2 aliphatic rings. The van der Waals surface area contributed by atoms with Gasteiger partial charge in [0, 0.05) is 59.3 Å². The molecule has 1 amide bonds. The van der Waals surface area contributed by atoms with E-state index in [2.05, 4.69) is 36.4 Å². The first kappa shape index (κ1) is 45.8. The number of aromatic nitrogens is 6. The smallest absolute Gasteiger partial charge is 0.241 e. The van der Waals surface area contributed by atoms with Crippen LogP contribution in [0.5, 0.6) is 23.0 Å². The van der Waals surface area contributed by atoms with Crippen molar-refractivity contribution >= 4 is 52.5 Å². The van der Waals surface area contributed by atoms with Gasteiger partial charge in [-0.25, -0.2) is 15.0 Å². The lowest BCUT2D eigenvalue weighted by molar-refractivity contribution is -0.125. The third kappa shape index (κ3) is 11.3. The summed E-state index contributed by atoms with van der Waals surface area (Å²) in [6, 6.07) is 11.3. The summed E-state index contributed by atoms with van der Waals surface area (Å²) < 4.78 is 23.2. The molecule has 324 valence electrons. The van der Waals surface area contributed by atoms with Crippen LogP contribution >= 0.6 is 23.2 Å². The zero-order valence-corrected chi connectivity index (χ0v) is 36.1. The number of hydrazine groups is 1. The van der Waals surface area contributed by atoms with Gasteiger partial charge in [0.1, 0.15) is 33.3 Å². The number of methoxy groups -OCH3 is 4. The van der Waals surface area contributed by atoms with E-state index in [1.54, 1.807) is 39.9 Å². The number of aryl methyl sites for hydroxylation is 1. The van der Waals surface area contributed by atoms with Gasteiger partial charge in [-0.3, -0.25) is 15.6 Å². The summed E-state index contributed by atoms with van der Waals surface area (Å²) in [7, 11) is 6.49. The van der Waals surface area contributed by atoms with Crippen molar-refractivity contribution in [2.45, 2.75) is 104 Å². The normalized spacial score (nSPS) is 14.3. The lowest BCUT2D eigenvalue weighted by Gasteiger charge is -2.21. The maximum Gasteiger partial charge on any atom is 0.241 e. The monoisotopic (exact) mass is 864 g/mol. The first-order chi connectivity index (χ1) is 28.6. The number of hydrogen-bond acceptors (Lipinski definition) is 13. The van der Waals surface area contributed by atoms with Gasteiger partial charge in [0.05, 0.1) is 28.4 Å². The van der Waals surface area contributed by atoms with Crippen LogP contribution in [0.25, 0.3) is 5.65 Å². The van der Waals surface area contributed by atoms with Crippen molar-refractivity contribution in [1.82, 2.24) is 35.0 Å². The van der Waals surface area contributed by atoms with Crippen molar-refractivity contribution in [3.8, 4) is 23.0 Å². The number of amides is 1. The number of rotatable bonds is 14. The molecule has 5 aromatic rings. The number of anilines is 3. The van der Waals surface area contributed by atoms with Gasteiger partial charge in [0.25, 0.3) is 0 Å². The van der Waals surface area contributed by atoms with Crippen LogP contribution < -0.4 is 40.4 Å². The number of carbonyl (C=O) groups is 1. The number of halogens is 2. The van der Waals surface area contributed by atoms with Crippen LogP contribution in [0.15, 0.2) is 36.4 Å². The van der Waals surface area contributed by atoms with Crippen LogP contribution in [0.3, 0.4) is 0 Å².